The Hall–Kier alpha value is -2.81. The first kappa shape index (κ1) is 20.5. The zero-order valence-electron chi connectivity index (χ0n) is 17.2. The summed E-state index contributed by atoms with van der Waals surface area (Å²) in [6, 6.07) is 0. The van der Waals surface area contributed by atoms with Crippen LogP contribution in [0.1, 0.15) is 46.7 Å². The van der Waals surface area contributed by atoms with E-state index in [9.17, 15) is 14.4 Å². The van der Waals surface area contributed by atoms with Gasteiger partial charge < -0.3 is 9.88 Å². The number of Topliss-reactive ketones (excluding diaryl/α,β-unsaturated/α-hetero) is 1. The molecule has 0 aromatic carbocycles. The first-order valence-corrected chi connectivity index (χ1v) is 11.1. The van der Waals surface area contributed by atoms with Crippen molar-refractivity contribution >= 4 is 33.9 Å². The van der Waals surface area contributed by atoms with E-state index in [1.165, 1.54) is 11.3 Å². The van der Waals surface area contributed by atoms with Crippen LogP contribution in [0.3, 0.4) is 0 Å². The maximum absolute atomic E-state index is 12.6. The molecule has 0 aliphatic carbocycles. The van der Waals surface area contributed by atoms with Crippen molar-refractivity contribution in [2.24, 2.45) is 13.0 Å². The number of aryl methyl sites for hydroxylation is 3. The molecule has 4 heterocycles. The lowest BCUT2D eigenvalue weighted by Crippen LogP contribution is -2.40. The Labute approximate surface area is 177 Å². The van der Waals surface area contributed by atoms with Gasteiger partial charge in [0.05, 0.1) is 22.7 Å². The highest BCUT2D eigenvalue weighted by atomic mass is 32.1. The van der Waals surface area contributed by atoms with Crippen LogP contribution in [-0.2, 0) is 18.3 Å². The molecule has 4 rings (SSSR count). The number of ketones is 1. The van der Waals surface area contributed by atoms with E-state index in [-0.39, 0.29) is 23.2 Å². The van der Waals surface area contributed by atoms with Gasteiger partial charge in [-0.25, -0.2) is 4.98 Å². The van der Waals surface area contributed by atoms with Crippen molar-refractivity contribution in [2.45, 2.75) is 39.0 Å². The minimum absolute atomic E-state index is 0.0481. The molecule has 0 saturated carbocycles. The molecule has 1 amide bonds. The SMILES string of the molecule is Cc1scc2c(=O)[nH]c(CCCC(=O)N3CCC(C(=O)c4cnn(C)c4)CC3)nc12. The molecule has 3 aromatic heterocycles. The third kappa shape index (κ3) is 4.21. The van der Waals surface area contributed by atoms with Crippen LogP contribution in [0, 0.1) is 12.8 Å². The summed E-state index contributed by atoms with van der Waals surface area (Å²) in [6.45, 7) is 3.16. The number of aromatic amines is 1. The third-order valence-electron chi connectivity index (χ3n) is 5.70. The van der Waals surface area contributed by atoms with Gasteiger partial charge in [-0.3, -0.25) is 19.1 Å². The molecule has 0 unspecified atom stereocenters. The van der Waals surface area contributed by atoms with Gasteiger partial charge in [0.2, 0.25) is 5.91 Å². The predicted molar refractivity (Wildman–Crippen MR) is 115 cm³/mol. The third-order valence-corrected chi connectivity index (χ3v) is 6.60. The van der Waals surface area contributed by atoms with Gasteiger partial charge in [0.15, 0.2) is 5.78 Å². The van der Waals surface area contributed by atoms with Crippen molar-refractivity contribution in [3.05, 3.63) is 44.4 Å². The summed E-state index contributed by atoms with van der Waals surface area (Å²) in [5.41, 5.74) is 1.28. The zero-order valence-corrected chi connectivity index (χ0v) is 18.0. The maximum Gasteiger partial charge on any atom is 0.259 e. The van der Waals surface area contributed by atoms with Crippen LogP contribution in [0.2, 0.25) is 0 Å². The summed E-state index contributed by atoms with van der Waals surface area (Å²) in [6.07, 6.45) is 6.31. The lowest BCUT2D eigenvalue weighted by atomic mass is 9.90. The fourth-order valence-electron chi connectivity index (χ4n) is 3.97. The quantitative estimate of drug-likeness (QED) is 0.609. The zero-order chi connectivity index (χ0) is 21.3. The van der Waals surface area contributed by atoms with E-state index in [0.717, 1.165) is 10.4 Å². The Balaban J connectivity index is 1.27. The number of likely N-dealkylation sites (tertiary alicyclic amines) is 1. The Morgan fingerprint density at radius 2 is 2.07 bits per heavy atom. The Bertz CT molecular complexity index is 1140. The molecular weight excluding hydrogens is 402 g/mol. The number of amides is 1. The number of hydrogen-bond acceptors (Lipinski definition) is 6. The molecule has 1 aliphatic heterocycles. The van der Waals surface area contributed by atoms with Gasteiger partial charge in [0.1, 0.15) is 5.82 Å². The molecule has 30 heavy (non-hydrogen) atoms. The summed E-state index contributed by atoms with van der Waals surface area (Å²) in [4.78, 5) is 47.5. The minimum atomic E-state index is -0.119. The van der Waals surface area contributed by atoms with Gasteiger partial charge in [-0.1, -0.05) is 0 Å². The Morgan fingerprint density at radius 1 is 1.30 bits per heavy atom. The highest BCUT2D eigenvalue weighted by Crippen LogP contribution is 2.23. The second kappa shape index (κ2) is 8.51. The molecule has 1 saturated heterocycles. The van der Waals surface area contributed by atoms with E-state index in [2.05, 4.69) is 15.1 Å². The molecule has 1 aliphatic rings. The van der Waals surface area contributed by atoms with Gasteiger partial charge >= 0.3 is 0 Å². The molecule has 0 bridgehead atoms. The number of fused-ring (bicyclic) bond motifs is 1. The predicted octanol–water partition coefficient (Wildman–Crippen LogP) is 2.47. The Kier molecular flexibility index (Phi) is 5.80. The average Bonchev–Trinajstić information content (AvgIpc) is 3.34. The topological polar surface area (TPSA) is 101 Å². The minimum Gasteiger partial charge on any atom is -0.343 e. The molecular formula is C21H25N5O3S. The first-order valence-electron chi connectivity index (χ1n) is 10.2. The second-order valence-electron chi connectivity index (χ2n) is 7.84. The molecule has 3 aromatic rings. The molecule has 8 nitrogen and oxygen atoms in total. The van der Waals surface area contributed by atoms with Crippen molar-refractivity contribution in [3.63, 3.8) is 0 Å². The summed E-state index contributed by atoms with van der Waals surface area (Å²) in [7, 11) is 1.79. The van der Waals surface area contributed by atoms with E-state index in [1.54, 1.807) is 24.1 Å². The van der Waals surface area contributed by atoms with Crippen molar-refractivity contribution in [1.29, 1.82) is 0 Å². The standard InChI is InChI=1S/C21H25N5O3S/c1-13-19-16(12-30-13)21(29)24-17(23-19)4-3-5-18(27)26-8-6-14(7-9-26)20(28)15-10-22-25(2)11-15/h10-12,14H,3-9H2,1-2H3,(H,23,24,29). The number of thiophene rings is 1. The molecule has 1 fully saturated rings. The van der Waals surface area contributed by atoms with Gasteiger partial charge in [-0.2, -0.15) is 5.10 Å². The van der Waals surface area contributed by atoms with Gasteiger partial charge in [0, 0.05) is 55.4 Å². The van der Waals surface area contributed by atoms with E-state index < -0.39 is 0 Å². The summed E-state index contributed by atoms with van der Waals surface area (Å²) in [5, 5.41) is 6.51. The van der Waals surface area contributed by atoms with E-state index in [1.807, 2.05) is 17.2 Å². The van der Waals surface area contributed by atoms with E-state index in [0.29, 0.717) is 62.0 Å². The second-order valence-corrected chi connectivity index (χ2v) is 8.93. The van der Waals surface area contributed by atoms with Crippen LogP contribution in [0.15, 0.2) is 22.6 Å². The first-order chi connectivity index (χ1) is 14.4. The smallest absolute Gasteiger partial charge is 0.259 e. The van der Waals surface area contributed by atoms with Crippen molar-refractivity contribution in [3.8, 4) is 0 Å². The number of carbonyl (C=O) groups excluding carboxylic acids is 2. The number of H-pyrrole nitrogens is 1. The summed E-state index contributed by atoms with van der Waals surface area (Å²) < 4.78 is 1.63. The highest BCUT2D eigenvalue weighted by Gasteiger charge is 2.28. The van der Waals surface area contributed by atoms with Crippen molar-refractivity contribution < 1.29 is 9.59 Å². The van der Waals surface area contributed by atoms with Gasteiger partial charge in [-0.15, -0.1) is 11.3 Å². The number of rotatable bonds is 6. The van der Waals surface area contributed by atoms with Crippen LogP contribution < -0.4 is 5.56 Å². The van der Waals surface area contributed by atoms with Gasteiger partial charge in [-0.05, 0) is 26.2 Å². The summed E-state index contributed by atoms with van der Waals surface area (Å²) >= 11 is 1.52. The van der Waals surface area contributed by atoms with Crippen LogP contribution >= 0.6 is 11.3 Å². The largest absolute Gasteiger partial charge is 0.343 e. The van der Waals surface area contributed by atoms with Crippen LogP contribution in [0.5, 0.6) is 0 Å². The van der Waals surface area contributed by atoms with Crippen LogP contribution in [-0.4, -0.2) is 49.4 Å². The highest BCUT2D eigenvalue weighted by molar-refractivity contribution is 7.11. The molecule has 1 N–H and O–H groups in total. The summed E-state index contributed by atoms with van der Waals surface area (Å²) in [5.74, 6) is 0.789. The molecule has 0 spiro atoms. The fourth-order valence-corrected chi connectivity index (χ4v) is 4.75. The van der Waals surface area contributed by atoms with Gasteiger partial charge in [0.25, 0.3) is 5.56 Å². The number of piperidine rings is 1. The lowest BCUT2D eigenvalue weighted by molar-refractivity contribution is -0.132. The van der Waals surface area contributed by atoms with Crippen molar-refractivity contribution in [1.82, 2.24) is 24.6 Å². The number of aromatic nitrogens is 4. The maximum atomic E-state index is 12.6. The normalized spacial score (nSPS) is 15.1. The lowest BCUT2D eigenvalue weighted by Gasteiger charge is -2.31. The molecule has 158 valence electrons. The van der Waals surface area contributed by atoms with E-state index >= 15 is 0 Å². The number of nitrogens with zero attached hydrogens (tertiary/aromatic N) is 4. The molecule has 0 radical (unpaired) electrons. The molecule has 9 heteroatoms. The number of nitrogens with one attached hydrogen (secondary N) is 1. The molecule has 0 atom stereocenters. The van der Waals surface area contributed by atoms with Crippen LogP contribution in [0.4, 0.5) is 0 Å². The monoisotopic (exact) mass is 427 g/mol. The van der Waals surface area contributed by atoms with E-state index in [4.69, 9.17) is 0 Å². The average molecular weight is 428 g/mol. The fraction of sp³-hybridized carbons (Fsp3) is 0.476. The van der Waals surface area contributed by atoms with Crippen molar-refractivity contribution in [2.75, 3.05) is 13.1 Å². The number of carbonyl (C=O) groups is 2. The Morgan fingerprint density at radius 3 is 2.77 bits per heavy atom. The number of hydrogen-bond donors (Lipinski definition) is 1. The van der Waals surface area contributed by atoms with Crippen LogP contribution in [0.25, 0.3) is 10.9 Å².